The van der Waals surface area contributed by atoms with Crippen LogP contribution in [0.4, 0.5) is 9.52 Å². The van der Waals surface area contributed by atoms with Crippen LogP contribution in [0, 0.1) is 5.82 Å². The van der Waals surface area contributed by atoms with Gasteiger partial charge in [0.25, 0.3) is 5.91 Å². The summed E-state index contributed by atoms with van der Waals surface area (Å²) in [6.07, 6.45) is 2.85. The lowest BCUT2D eigenvalue weighted by molar-refractivity contribution is 0.102. The third-order valence-electron chi connectivity index (χ3n) is 3.54. The molecule has 0 radical (unpaired) electrons. The normalized spacial score (nSPS) is 10.7. The number of benzene rings is 1. The van der Waals surface area contributed by atoms with E-state index in [1.54, 1.807) is 6.20 Å². The number of pyridine rings is 1. The SMILES string of the molecule is O=C(Nc1nc(-c2ccccn2)cs1)c1ncoc1-c1ccc(F)cc1. The van der Waals surface area contributed by atoms with Crippen molar-refractivity contribution < 1.29 is 13.6 Å². The number of nitrogens with zero attached hydrogens (tertiary/aromatic N) is 3. The number of thiazole rings is 1. The van der Waals surface area contributed by atoms with Gasteiger partial charge in [0.15, 0.2) is 23.0 Å². The summed E-state index contributed by atoms with van der Waals surface area (Å²) in [6, 6.07) is 11.2. The summed E-state index contributed by atoms with van der Waals surface area (Å²) in [5.41, 5.74) is 2.05. The number of hydrogen-bond donors (Lipinski definition) is 1. The highest BCUT2D eigenvalue weighted by Gasteiger charge is 2.19. The number of anilines is 1. The summed E-state index contributed by atoms with van der Waals surface area (Å²) in [7, 11) is 0. The van der Waals surface area contributed by atoms with Crippen molar-refractivity contribution in [3.8, 4) is 22.7 Å². The van der Waals surface area contributed by atoms with Crippen LogP contribution in [0.2, 0.25) is 0 Å². The van der Waals surface area contributed by atoms with Crippen molar-refractivity contribution in [1.82, 2.24) is 15.0 Å². The molecule has 4 rings (SSSR count). The molecule has 3 aromatic heterocycles. The molecule has 128 valence electrons. The standard InChI is InChI=1S/C18H11FN4O2S/c19-12-6-4-11(5-7-12)16-15(21-10-25-16)17(24)23-18-22-14(9-26-18)13-3-1-2-8-20-13/h1-10H,(H,22,23,24). The van der Waals surface area contributed by atoms with E-state index in [1.165, 1.54) is 42.0 Å². The predicted molar refractivity (Wildman–Crippen MR) is 95.2 cm³/mol. The van der Waals surface area contributed by atoms with Gasteiger partial charge in [-0.05, 0) is 36.4 Å². The minimum Gasteiger partial charge on any atom is -0.443 e. The Morgan fingerprint density at radius 3 is 2.69 bits per heavy atom. The van der Waals surface area contributed by atoms with Gasteiger partial charge < -0.3 is 4.42 Å². The molecule has 0 aliphatic rings. The number of carbonyl (C=O) groups is 1. The molecule has 0 saturated carbocycles. The predicted octanol–water partition coefficient (Wildman–Crippen LogP) is 4.25. The highest BCUT2D eigenvalue weighted by Crippen LogP contribution is 2.26. The molecule has 0 bridgehead atoms. The Balaban J connectivity index is 1.56. The minimum absolute atomic E-state index is 0.103. The Labute approximate surface area is 151 Å². The molecule has 1 amide bonds. The number of nitrogens with one attached hydrogen (secondary N) is 1. The molecular weight excluding hydrogens is 355 g/mol. The molecule has 1 aromatic carbocycles. The molecule has 3 heterocycles. The minimum atomic E-state index is -0.458. The van der Waals surface area contributed by atoms with Gasteiger partial charge in [-0.2, -0.15) is 0 Å². The van der Waals surface area contributed by atoms with Gasteiger partial charge in [-0.15, -0.1) is 11.3 Å². The van der Waals surface area contributed by atoms with Crippen LogP contribution in [0.3, 0.4) is 0 Å². The number of amides is 1. The van der Waals surface area contributed by atoms with Crippen molar-refractivity contribution in [2.75, 3.05) is 5.32 Å². The first-order valence-corrected chi connectivity index (χ1v) is 8.46. The Bertz CT molecular complexity index is 1040. The van der Waals surface area contributed by atoms with Gasteiger partial charge in [0, 0.05) is 17.1 Å². The first-order chi connectivity index (χ1) is 12.7. The van der Waals surface area contributed by atoms with Gasteiger partial charge in [-0.3, -0.25) is 15.1 Å². The second-order valence-corrected chi connectivity index (χ2v) is 6.10. The first kappa shape index (κ1) is 16.1. The topological polar surface area (TPSA) is 80.9 Å². The van der Waals surface area contributed by atoms with Crippen LogP contribution in [0.25, 0.3) is 22.7 Å². The fourth-order valence-electron chi connectivity index (χ4n) is 2.33. The summed E-state index contributed by atoms with van der Waals surface area (Å²) in [5, 5.41) is 4.93. The highest BCUT2D eigenvalue weighted by atomic mass is 32.1. The van der Waals surface area contributed by atoms with E-state index in [9.17, 15) is 9.18 Å². The van der Waals surface area contributed by atoms with Crippen LogP contribution in [0.1, 0.15) is 10.5 Å². The Morgan fingerprint density at radius 1 is 1.08 bits per heavy atom. The van der Waals surface area contributed by atoms with Gasteiger partial charge in [0.05, 0.1) is 5.69 Å². The number of rotatable bonds is 4. The van der Waals surface area contributed by atoms with Gasteiger partial charge >= 0.3 is 0 Å². The second kappa shape index (κ2) is 6.85. The fraction of sp³-hybridized carbons (Fsp3) is 0. The maximum Gasteiger partial charge on any atom is 0.280 e. The van der Waals surface area contributed by atoms with Crippen LogP contribution in [0.15, 0.2) is 64.9 Å². The van der Waals surface area contributed by atoms with Gasteiger partial charge in [-0.1, -0.05) is 6.07 Å². The molecule has 4 aromatic rings. The Morgan fingerprint density at radius 2 is 1.92 bits per heavy atom. The molecule has 0 atom stereocenters. The Kier molecular flexibility index (Phi) is 4.24. The van der Waals surface area contributed by atoms with Crippen molar-refractivity contribution in [3.05, 3.63) is 71.9 Å². The van der Waals surface area contributed by atoms with Crippen LogP contribution in [-0.2, 0) is 0 Å². The zero-order valence-corrected chi connectivity index (χ0v) is 14.0. The summed E-state index contributed by atoms with van der Waals surface area (Å²) >= 11 is 1.28. The van der Waals surface area contributed by atoms with Crippen LogP contribution >= 0.6 is 11.3 Å². The van der Waals surface area contributed by atoms with Crippen LogP contribution in [-0.4, -0.2) is 20.9 Å². The van der Waals surface area contributed by atoms with E-state index in [-0.39, 0.29) is 17.3 Å². The highest BCUT2D eigenvalue weighted by molar-refractivity contribution is 7.14. The van der Waals surface area contributed by atoms with Crippen molar-refractivity contribution in [2.45, 2.75) is 0 Å². The van der Waals surface area contributed by atoms with E-state index in [0.717, 1.165) is 5.69 Å². The molecule has 0 spiro atoms. The molecule has 0 saturated heterocycles. The lowest BCUT2D eigenvalue weighted by atomic mass is 10.1. The fourth-order valence-corrected chi connectivity index (χ4v) is 3.03. The molecule has 0 aliphatic heterocycles. The van der Waals surface area contributed by atoms with E-state index in [0.29, 0.717) is 16.4 Å². The van der Waals surface area contributed by atoms with E-state index in [1.807, 2.05) is 23.6 Å². The molecule has 6 nitrogen and oxygen atoms in total. The number of aromatic nitrogens is 3. The Hall–Kier alpha value is -3.39. The average molecular weight is 366 g/mol. The zero-order chi connectivity index (χ0) is 17.9. The number of halogens is 1. The van der Waals surface area contributed by atoms with Gasteiger partial charge in [0.2, 0.25) is 0 Å². The lowest BCUT2D eigenvalue weighted by Crippen LogP contribution is -2.13. The lowest BCUT2D eigenvalue weighted by Gasteiger charge is -2.02. The van der Waals surface area contributed by atoms with E-state index in [2.05, 4.69) is 20.3 Å². The summed E-state index contributed by atoms with van der Waals surface area (Å²) in [6.45, 7) is 0. The van der Waals surface area contributed by atoms with Gasteiger partial charge in [-0.25, -0.2) is 14.4 Å². The first-order valence-electron chi connectivity index (χ1n) is 7.58. The largest absolute Gasteiger partial charge is 0.443 e. The van der Waals surface area contributed by atoms with Crippen LogP contribution < -0.4 is 5.32 Å². The number of carbonyl (C=O) groups excluding carboxylic acids is 1. The quantitative estimate of drug-likeness (QED) is 0.584. The van der Waals surface area contributed by atoms with E-state index >= 15 is 0 Å². The molecule has 1 N–H and O–H groups in total. The number of oxazole rings is 1. The molecular formula is C18H11FN4O2S. The third-order valence-corrected chi connectivity index (χ3v) is 4.30. The maximum atomic E-state index is 13.1. The third kappa shape index (κ3) is 3.22. The molecule has 26 heavy (non-hydrogen) atoms. The molecule has 0 unspecified atom stereocenters. The molecule has 0 aliphatic carbocycles. The van der Waals surface area contributed by atoms with Gasteiger partial charge in [0.1, 0.15) is 11.5 Å². The zero-order valence-electron chi connectivity index (χ0n) is 13.2. The molecule has 0 fully saturated rings. The van der Waals surface area contributed by atoms with Crippen molar-refractivity contribution in [1.29, 1.82) is 0 Å². The monoisotopic (exact) mass is 366 g/mol. The number of hydrogen-bond acceptors (Lipinski definition) is 6. The molecule has 8 heteroatoms. The van der Waals surface area contributed by atoms with Crippen molar-refractivity contribution >= 4 is 22.4 Å². The summed E-state index contributed by atoms with van der Waals surface area (Å²) in [4.78, 5) is 25.1. The summed E-state index contributed by atoms with van der Waals surface area (Å²) in [5.74, 6) is -0.562. The maximum absolute atomic E-state index is 13.1. The summed E-state index contributed by atoms with van der Waals surface area (Å²) < 4.78 is 18.4. The van der Waals surface area contributed by atoms with Crippen LogP contribution in [0.5, 0.6) is 0 Å². The van der Waals surface area contributed by atoms with Crippen molar-refractivity contribution in [3.63, 3.8) is 0 Å². The second-order valence-electron chi connectivity index (χ2n) is 5.24. The van der Waals surface area contributed by atoms with E-state index < -0.39 is 5.91 Å². The van der Waals surface area contributed by atoms with Crippen molar-refractivity contribution in [2.24, 2.45) is 0 Å². The average Bonchev–Trinajstić information content (AvgIpc) is 3.33. The van der Waals surface area contributed by atoms with E-state index in [4.69, 9.17) is 4.42 Å². The smallest absolute Gasteiger partial charge is 0.280 e.